The lowest BCUT2D eigenvalue weighted by Gasteiger charge is -2.35. The number of piperidine rings is 1. The molecule has 122 valence electrons. The first-order chi connectivity index (χ1) is 9.81. The molecule has 0 radical (unpaired) electrons. The Labute approximate surface area is 128 Å². The van der Waals surface area contributed by atoms with Gasteiger partial charge in [-0.3, -0.25) is 14.5 Å². The fraction of sp³-hybridized carbons (Fsp3) is 0.875. The Bertz CT molecular complexity index is 345. The second-order valence-electron chi connectivity index (χ2n) is 6.91. The second-order valence-corrected chi connectivity index (χ2v) is 6.91. The fourth-order valence-electron chi connectivity index (χ4n) is 2.89. The molecule has 1 atom stereocenters. The Hall–Kier alpha value is -1.10. The minimum Gasteiger partial charge on any atom is -0.480 e. The van der Waals surface area contributed by atoms with Gasteiger partial charge in [-0.15, -0.1) is 0 Å². The molecule has 1 aliphatic rings. The maximum Gasteiger partial charge on any atom is 0.320 e. The predicted octanol–water partition coefficient (Wildman–Crippen LogP) is 2.07. The molecule has 1 fully saturated rings. The number of likely N-dealkylation sites (tertiary alicyclic amines) is 1. The van der Waals surface area contributed by atoms with Crippen molar-refractivity contribution in [3.63, 3.8) is 0 Å². The SMILES string of the molecule is CC(C)CN(CC(C)C)C(=O)CN1CCCCC1C(=O)O. The Morgan fingerprint density at radius 3 is 2.19 bits per heavy atom. The van der Waals surface area contributed by atoms with E-state index in [9.17, 15) is 14.7 Å². The van der Waals surface area contributed by atoms with Gasteiger partial charge in [0.25, 0.3) is 0 Å². The summed E-state index contributed by atoms with van der Waals surface area (Å²) in [5.41, 5.74) is 0. The summed E-state index contributed by atoms with van der Waals surface area (Å²) in [4.78, 5) is 27.6. The molecular weight excluding hydrogens is 268 g/mol. The van der Waals surface area contributed by atoms with Crippen LogP contribution in [0.1, 0.15) is 47.0 Å². The lowest BCUT2D eigenvalue weighted by Crippen LogP contribution is -2.50. The Kier molecular flexibility index (Phi) is 7.15. The van der Waals surface area contributed by atoms with Gasteiger partial charge in [0.2, 0.25) is 5.91 Å². The third kappa shape index (κ3) is 6.04. The monoisotopic (exact) mass is 298 g/mol. The molecule has 0 aromatic rings. The number of carboxylic acids is 1. The summed E-state index contributed by atoms with van der Waals surface area (Å²) in [7, 11) is 0. The molecule has 1 amide bonds. The summed E-state index contributed by atoms with van der Waals surface area (Å²) >= 11 is 0. The highest BCUT2D eigenvalue weighted by Gasteiger charge is 2.31. The highest BCUT2D eigenvalue weighted by atomic mass is 16.4. The van der Waals surface area contributed by atoms with E-state index in [-0.39, 0.29) is 12.5 Å². The van der Waals surface area contributed by atoms with Crippen LogP contribution in [0.15, 0.2) is 0 Å². The van der Waals surface area contributed by atoms with Crippen LogP contribution in [0.2, 0.25) is 0 Å². The number of carbonyl (C=O) groups excluding carboxylic acids is 1. The van der Waals surface area contributed by atoms with Crippen molar-refractivity contribution >= 4 is 11.9 Å². The standard InChI is InChI=1S/C16H30N2O3/c1-12(2)9-18(10-13(3)4)15(19)11-17-8-6-5-7-14(17)16(20)21/h12-14H,5-11H2,1-4H3,(H,20,21). The van der Waals surface area contributed by atoms with Gasteiger partial charge in [0, 0.05) is 13.1 Å². The molecule has 0 aromatic heterocycles. The van der Waals surface area contributed by atoms with Crippen molar-refractivity contribution in [2.45, 2.75) is 53.0 Å². The van der Waals surface area contributed by atoms with E-state index >= 15 is 0 Å². The summed E-state index contributed by atoms with van der Waals surface area (Å²) in [6.07, 6.45) is 2.56. The van der Waals surface area contributed by atoms with E-state index in [0.717, 1.165) is 25.9 Å². The van der Waals surface area contributed by atoms with Crippen molar-refractivity contribution in [2.24, 2.45) is 11.8 Å². The van der Waals surface area contributed by atoms with Crippen LogP contribution in [0.25, 0.3) is 0 Å². The minimum absolute atomic E-state index is 0.0607. The summed E-state index contributed by atoms with van der Waals surface area (Å²) in [6, 6.07) is -0.498. The van der Waals surface area contributed by atoms with Crippen molar-refractivity contribution in [1.29, 1.82) is 0 Å². The van der Waals surface area contributed by atoms with Crippen molar-refractivity contribution < 1.29 is 14.7 Å². The van der Waals surface area contributed by atoms with Crippen molar-refractivity contribution in [2.75, 3.05) is 26.2 Å². The van der Waals surface area contributed by atoms with E-state index in [4.69, 9.17) is 0 Å². The van der Waals surface area contributed by atoms with E-state index in [0.29, 0.717) is 24.8 Å². The molecule has 0 aliphatic carbocycles. The molecular formula is C16H30N2O3. The Morgan fingerprint density at radius 1 is 1.14 bits per heavy atom. The minimum atomic E-state index is -0.804. The van der Waals surface area contributed by atoms with Gasteiger partial charge in [-0.2, -0.15) is 0 Å². The molecule has 0 bridgehead atoms. The van der Waals surface area contributed by atoms with E-state index < -0.39 is 12.0 Å². The van der Waals surface area contributed by atoms with E-state index in [1.54, 1.807) is 0 Å². The van der Waals surface area contributed by atoms with E-state index in [2.05, 4.69) is 27.7 Å². The van der Waals surface area contributed by atoms with Crippen molar-refractivity contribution in [1.82, 2.24) is 9.80 Å². The zero-order valence-corrected chi connectivity index (χ0v) is 13.8. The van der Waals surface area contributed by atoms with Crippen LogP contribution in [0.3, 0.4) is 0 Å². The first-order valence-electron chi connectivity index (χ1n) is 8.05. The summed E-state index contributed by atoms with van der Waals surface area (Å²) in [6.45, 7) is 10.8. The molecule has 1 N–H and O–H groups in total. The number of aliphatic carboxylic acids is 1. The highest BCUT2D eigenvalue weighted by molar-refractivity contribution is 5.80. The normalized spacial score (nSPS) is 20.0. The summed E-state index contributed by atoms with van der Waals surface area (Å²) in [5.74, 6) is 0.0981. The zero-order valence-electron chi connectivity index (χ0n) is 13.8. The van der Waals surface area contributed by atoms with Crippen molar-refractivity contribution in [3.05, 3.63) is 0 Å². The van der Waals surface area contributed by atoms with Gasteiger partial charge in [-0.1, -0.05) is 34.1 Å². The smallest absolute Gasteiger partial charge is 0.320 e. The van der Waals surface area contributed by atoms with Crippen LogP contribution in [0.5, 0.6) is 0 Å². The first-order valence-corrected chi connectivity index (χ1v) is 8.05. The quantitative estimate of drug-likeness (QED) is 0.781. The lowest BCUT2D eigenvalue weighted by atomic mass is 10.0. The lowest BCUT2D eigenvalue weighted by molar-refractivity contribution is -0.146. The first kappa shape index (κ1) is 18.0. The third-order valence-electron chi connectivity index (χ3n) is 3.76. The van der Waals surface area contributed by atoms with Crippen LogP contribution in [-0.2, 0) is 9.59 Å². The van der Waals surface area contributed by atoms with Gasteiger partial charge in [-0.05, 0) is 31.2 Å². The molecule has 1 aliphatic heterocycles. The Balaban J connectivity index is 2.67. The number of rotatable bonds is 7. The van der Waals surface area contributed by atoms with Gasteiger partial charge in [0.05, 0.1) is 6.54 Å². The number of hydrogen-bond acceptors (Lipinski definition) is 3. The maximum atomic E-state index is 12.5. The van der Waals surface area contributed by atoms with Crippen LogP contribution >= 0.6 is 0 Å². The molecule has 0 saturated carbocycles. The van der Waals surface area contributed by atoms with Crippen LogP contribution in [0.4, 0.5) is 0 Å². The van der Waals surface area contributed by atoms with Crippen LogP contribution in [0, 0.1) is 11.8 Å². The number of carboxylic acid groups (broad SMARTS) is 1. The van der Waals surface area contributed by atoms with Gasteiger partial charge in [0.1, 0.15) is 6.04 Å². The molecule has 0 spiro atoms. The zero-order chi connectivity index (χ0) is 16.0. The molecule has 1 heterocycles. The number of hydrogen-bond donors (Lipinski definition) is 1. The van der Waals surface area contributed by atoms with Crippen LogP contribution in [-0.4, -0.2) is 59.0 Å². The fourth-order valence-corrected chi connectivity index (χ4v) is 2.89. The predicted molar refractivity (Wildman–Crippen MR) is 83.1 cm³/mol. The number of amides is 1. The van der Waals surface area contributed by atoms with Gasteiger partial charge < -0.3 is 10.0 Å². The highest BCUT2D eigenvalue weighted by Crippen LogP contribution is 2.17. The largest absolute Gasteiger partial charge is 0.480 e. The van der Waals surface area contributed by atoms with E-state index in [1.807, 2.05) is 9.80 Å². The number of carbonyl (C=O) groups is 2. The molecule has 1 rings (SSSR count). The average Bonchev–Trinajstić information content (AvgIpc) is 2.37. The van der Waals surface area contributed by atoms with Crippen LogP contribution < -0.4 is 0 Å². The van der Waals surface area contributed by atoms with E-state index in [1.165, 1.54) is 0 Å². The third-order valence-corrected chi connectivity index (χ3v) is 3.76. The van der Waals surface area contributed by atoms with Gasteiger partial charge >= 0.3 is 5.97 Å². The topological polar surface area (TPSA) is 60.9 Å². The van der Waals surface area contributed by atoms with Gasteiger partial charge in [-0.25, -0.2) is 0 Å². The average molecular weight is 298 g/mol. The maximum absolute atomic E-state index is 12.5. The van der Waals surface area contributed by atoms with Gasteiger partial charge in [0.15, 0.2) is 0 Å². The molecule has 0 aromatic carbocycles. The summed E-state index contributed by atoms with van der Waals surface area (Å²) < 4.78 is 0. The Morgan fingerprint density at radius 2 is 1.71 bits per heavy atom. The molecule has 5 nitrogen and oxygen atoms in total. The molecule has 1 unspecified atom stereocenters. The van der Waals surface area contributed by atoms with Crippen molar-refractivity contribution in [3.8, 4) is 0 Å². The summed E-state index contributed by atoms with van der Waals surface area (Å²) in [5, 5.41) is 9.28. The molecule has 5 heteroatoms. The second kappa shape index (κ2) is 8.37. The number of nitrogens with zero attached hydrogens (tertiary/aromatic N) is 2. The molecule has 21 heavy (non-hydrogen) atoms. The molecule has 1 saturated heterocycles.